The summed E-state index contributed by atoms with van der Waals surface area (Å²) in [5, 5.41) is 13.4. The van der Waals surface area contributed by atoms with Crippen molar-refractivity contribution in [2.24, 2.45) is 0 Å². The standard InChI is InChI=1S/C16H20N2O2/c1-2-13-10-16(20-17-13)15-4-3-9-18(15)11-12-5-7-14(19)8-6-12/h5-8,10,15,19H,2-4,9,11H2,1H3/t15-/m1/s1. The summed E-state index contributed by atoms with van der Waals surface area (Å²) in [6.45, 7) is 4.05. The summed E-state index contributed by atoms with van der Waals surface area (Å²) in [6, 6.07) is 9.84. The van der Waals surface area contributed by atoms with Gasteiger partial charge in [-0.2, -0.15) is 0 Å². The summed E-state index contributed by atoms with van der Waals surface area (Å²) in [5.41, 5.74) is 2.24. The Balaban J connectivity index is 1.73. The molecule has 1 N–H and O–H groups in total. The summed E-state index contributed by atoms with van der Waals surface area (Å²) in [5.74, 6) is 1.30. The lowest BCUT2D eigenvalue weighted by Gasteiger charge is -2.22. The van der Waals surface area contributed by atoms with Crippen molar-refractivity contribution >= 4 is 0 Å². The molecule has 0 spiro atoms. The molecule has 0 amide bonds. The second-order valence-corrected chi connectivity index (χ2v) is 5.37. The zero-order valence-electron chi connectivity index (χ0n) is 11.7. The molecule has 1 aliphatic rings. The molecular formula is C16H20N2O2. The lowest BCUT2D eigenvalue weighted by Crippen LogP contribution is -2.22. The van der Waals surface area contributed by atoms with E-state index < -0.39 is 0 Å². The van der Waals surface area contributed by atoms with E-state index in [2.05, 4.69) is 23.0 Å². The molecule has 2 aromatic rings. The van der Waals surface area contributed by atoms with Crippen LogP contribution in [0.1, 0.15) is 42.8 Å². The number of hydrogen-bond donors (Lipinski definition) is 1. The van der Waals surface area contributed by atoms with Crippen LogP contribution in [0.3, 0.4) is 0 Å². The number of aromatic hydroxyl groups is 1. The van der Waals surface area contributed by atoms with E-state index in [4.69, 9.17) is 4.52 Å². The Kier molecular flexibility index (Phi) is 3.74. The molecule has 106 valence electrons. The van der Waals surface area contributed by atoms with E-state index in [0.29, 0.717) is 11.8 Å². The minimum Gasteiger partial charge on any atom is -0.508 e. The first-order chi connectivity index (χ1) is 9.76. The average molecular weight is 272 g/mol. The third-order valence-electron chi connectivity index (χ3n) is 3.95. The number of hydrogen-bond acceptors (Lipinski definition) is 4. The zero-order valence-corrected chi connectivity index (χ0v) is 11.7. The Labute approximate surface area is 119 Å². The van der Waals surface area contributed by atoms with Crippen molar-refractivity contribution in [1.29, 1.82) is 0 Å². The van der Waals surface area contributed by atoms with E-state index in [1.807, 2.05) is 12.1 Å². The molecule has 0 unspecified atom stereocenters. The Bertz CT molecular complexity index is 562. The van der Waals surface area contributed by atoms with Gasteiger partial charge in [-0.3, -0.25) is 4.90 Å². The topological polar surface area (TPSA) is 49.5 Å². The molecule has 0 saturated carbocycles. The van der Waals surface area contributed by atoms with Crippen LogP contribution in [0.2, 0.25) is 0 Å². The van der Waals surface area contributed by atoms with Gasteiger partial charge in [-0.15, -0.1) is 0 Å². The minimum atomic E-state index is 0.314. The zero-order chi connectivity index (χ0) is 13.9. The molecule has 0 bridgehead atoms. The molecule has 3 rings (SSSR count). The molecule has 1 atom stereocenters. The molecule has 1 saturated heterocycles. The number of aromatic nitrogens is 1. The average Bonchev–Trinajstić information content (AvgIpc) is 3.09. The van der Waals surface area contributed by atoms with Crippen molar-refractivity contribution in [1.82, 2.24) is 10.1 Å². The van der Waals surface area contributed by atoms with Crippen LogP contribution in [-0.2, 0) is 13.0 Å². The van der Waals surface area contributed by atoms with E-state index in [9.17, 15) is 5.11 Å². The van der Waals surface area contributed by atoms with Crippen LogP contribution in [0.4, 0.5) is 0 Å². The maximum Gasteiger partial charge on any atom is 0.154 e. The molecule has 2 heterocycles. The lowest BCUT2D eigenvalue weighted by molar-refractivity contribution is 0.206. The van der Waals surface area contributed by atoms with E-state index >= 15 is 0 Å². The second kappa shape index (κ2) is 5.67. The number of likely N-dealkylation sites (tertiary alicyclic amines) is 1. The normalized spacial score (nSPS) is 19.6. The molecule has 4 nitrogen and oxygen atoms in total. The molecule has 0 aliphatic carbocycles. The van der Waals surface area contributed by atoms with Gasteiger partial charge in [0.2, 0.25) is 0 Å². The molecule has 1 aromatic carbocycles. The Morgan fingerprint density at radius 1 is 1.35 bits per heavy atom. The van der Waals surface area contributed by atoms with Gasteiger partial charge in [-0.1, -0.05) is 24.2 Å². The monoisotopic (exact) mass is 272 g/mol. The highest BCUT2D eigenvalue weighted by atomic mass is 16.5. The molecule has 20 heavy (non-hydrogen) atoms. The predicted molar refractivity (Wildman–Crippen MR) is 76.4 cm³/mol. The van der Waals surface area contributed by atoms with E-state index in [-0.39, 0.29) is 0 Å². The van der Waals surface area contributed by atoms with Crippen molar-refractivity contribution in [2.45, 2.75) is 38.8 Å². The van der Waals surface area contributed by atoms with Gasteiger partial charge >= 0.3 is 0 Å². The number of aryl methyl sites for hydroxylation is 1. The highest BCUT2D eigenvalue weighted by molar-refractivity contribution is 5.26. The first kappa shape index (κ1) is 13.2. The van der Waals surface area contributed by atoms with Crippen molar-refractivity contribution in [3.8, 4) is 5.75 Å². The van der Waals surface area contributed by atoms with Crippen LogP contribution in [0, 0.1) is 0 Å². The summed E-state index contributed by atoms with van der Waals surface area (Å²) in [7, 11) is 0. The summed E-state index contributed by atoms with van der Waals surface area (Å²) in [6.07, 6.45) is 3.22. The van der Waals surface area contributed by atoms with Gasteiger partial charge < -0.3 is 9.63 Å². The maximum atomic E-state index is 9.34. The van der Waals surface area contributed by atoms with Crippen molar-refractivity contribution in [3.05, 3.63) is 47.3 Å². The fraction of sp³-hybridized carbons (Fsp3) is 0.438. The quantitative estimate of drug-likeness (QED) is 0.928. The summed E-state index contributed by atoms with van der Waals surface area (Å²) >= 11 is 0. The largest absolute Gasteiger partial charge is 0.508 e. The number of phenols is 1. The Morgan fingerprint density at radius 2 is 2.15 bits per heavy atom. The van der Waals surface area contributed by atoms with Gasteiger partial charge in [0.1, 0.15) is 5.75 Å². The molecular weight excluding hydrogens is 252 g/mol. The van der Waals surface area contributed by atoms with Crippen LogP contribution in [0.5, 0.6) is 5.75 Å². The first-order valence-electron chi connectivity index (χ1n) is 7.23. The van der Waals surface area contributed by atoms with Crippen LogP contribution >= 0.6 is 0 Å². The molecule has 4 heteroatoms. The SMILES string of the molecule is CCc1cc([C@H]2CCCN2Cc2ccc(O)cc2)on1. The van der Waals surface area contributed by atoms with Crippen LogP contribution in [0.25, 0.3) is 0 Å². The smallest absolute Gasteiger partial charge is 0.154 e. The van der Waals surface area contributed by atoms with Gasteiger partial charge in [0, 0.05) is 12.6 Å². The van der Waals surface area contributed by atoms with E-state index in [0.717, 1.165) is 37.4 Å². The third-order valence-corrected chi connectivity index (χ3v) is 3.95. The minimum absolute atomic E-state index is 0.314. The van der Waals surface area contributed by atoms with Crippen LogP contribution < -0.4 is 0 Å². The van der Waals surface area contributed by atoms with Crippen LogP contribution in [0.15, 0.2) is 34.9 Å². The maximum absolute atomic E-state index is 9.34. The number of rotatable bonds is 4. The summed E-state index contributed by atoms with van der Waals surface area (Å²) in [4.78, 5) is 2.42. The fourth-order valence-electron chi connectivity index (χ4n) is 2.83. The highest BCUT2D eigenvalue weighted by Gasteiger charge is 2.29. The summed E-state index contributed by atoms with van der Waals surface area (Å²) < 4.78 is 5.49. The molecule has 1 aromatic heterocycles. The van der Waals surface area contributed by atoms with Crippen molar-refractivity contribution in [2.75, 3.05) is 6.54 Å². The number of phenolic OH excluding ortho intramolecular Hbond substituents is 1. The number of nitrogens with zero attached hydrogens (tertiary/aromatic N) is 2. The highest BCUT2D eigenvalue weighted by Crippen LogP contribution is 2.33. The van der Waals surface area contributed by atoms with Gasteiger partial charge in [-0.05, 0) is 43.5 Å². The van der Waals surface area contributed by atoms with Crippen LogP contribution in [-0.4, -0.2) is 21.7 Å². The molecule has 1 aliphatic heterocycles. The first-order valence-corrected chi connectivity index (χ1v) is 7.23. The number of benzene rings is 1. The predicted octanol–water partition coefficient (Wildman–Crippen LogP) is 3.28. The van der Waals surface area contributed by atoms with Gasteiger partial charge in [0.25, 0.3) is 0 Å². The fourth-order valence-corrected chi connectivity index (χ4v) is 2.83. The van der Waals surface area contributed by atoms with Gasteiger partial charge in [0.05, 0.1) is 11.7 Å². The van der Waals surface area contributed by atoms with Crippen molar-refractivity contribution in [3.63, 3.8) is 0 Å². The molecule has 1 fully saturated rings. The van der Waals surface area contributed by atoms with E-state index in [1.54, 1.807) is 12.1 Å². The molecule has 0 radical (unpaired) electrons. The Hall–Kier alpha value is -1.81. The second-order valence-electron chi connectivity index (χ2n) is 5.37. The van der Waals surface area contributed by atoms with Gasteiger partial charge in [0.15, 0.2) is 5.76 Å². The van der Waals surface area contributed by atoms with E-state index in [1.165, 1.54) is 12.0 Å². The third kappa shape index (κ3) is 2.70. The van der Waals surface area contributed by atoms with Gasteiger partial charge in [-0.25, -0.2) is 0 Å². The Morgan fingerprint density at radius 3 is 2.85 bits per heavy atom. The van der Waals surface area contributed by atoms with Crippen molar-refractivity contribution < 1.29 is 9.63 Å². The lowest BCUT2D eigenvalue weighted by atomic mass is 10.1.